The van der Waals surface area contributed by atoms with Gasteiger partial charge in [-0.15, -0.1) is 23.1 Å². The SMILES string of the molecule is Cc1ccc(C2SCC(C(=O)O)N2C(=O)OC(C)(C)C)s1. The number of amides is 1. The molecule has 7 heteroatoms. The fourth-order valence-electron chi connectivity index (χ4n) is 2.04. The maximum atomic E-state index is 12.4. The van der Waals surface area contributed by atoms with Crippen molar-refractivity contribution in [3.63, 3.8) is 0 Å². The molecular formula is C14H19NO4S2. The molecule has 1 aliphatic rings. The number of carbonyl (C=O) groups excluding carboxylic acids is 1. The largest absolute Gasteiger partial charge is 0.480 e. The van der Waals surface area contributed by atoms with Crippen molar-refractivity contribution in [2.75, 3.05) is 5.75 Å². The second-order valence-electron chi connectivity index (χ2n) is 5.88. The smallest absolute Gasteiger partial charge is 0.412 e. The van der Waals surface area contributed by atoms with Gasteiger partial charge in [0, 0.05) is 15.5 Å². The van der Waals surface area contributed by atoms with E-state index < -0.39 is 23.7 Å². The molecule has 0 spiro atoms. The fourth-order valence-corrected chi connectivity index (χ4v) is 4.55. The summed E-state index contributed by atoms with van der Waals surface area (Å²) in [4.78, 5) is 27.3. The molecule has 2 rings (SSSR count). The summed E-state index contributed by atoms with van der Waals surface area (Å²) in [5, 5.41) is 9.05. The monoisotopic (exact) mass is 329 g/mol. The molecule has 0 radical (unpaired) electrons. The number of carboxylic acid groups (broad SMARTS) is 1. The average Bonchev–Trinajstić information content (AvgIpc) is 2.91. The molecule has 0 saturated carbocycles. The van der Waals surface area contributed by atoms with Gasteiger partial charge in [0.1, 0.15) is 17.0 Å². The van der Waals surface area contributed by atoms with Gasteiger partial charge in [0.15, 0.2) is 0 Å². The quantitative estimate of drug-likeness (QED) is 0.899. The number of thioether (sulfide) groups is 1. The zero-order valence-electron chi connectivity index (χ0n) is 12.5. The summed E-state index contributed by atoms with van der Waals surface area (Å²) in [5.74, 6) is -0.625. The van der Waals surface area contributed by atoms with Crippen LogP contribution >= 0.6 is 23.1 Å². The average molecular weight is 329 g/mol. The molecule has 1 fully saturated rings. The van der Waals surface area contributed by atoms with Crippen LogP contribution in [-0.4, -0.2) is 39.5 Å². The van der Waals surface area contributed by atoms with Crippen LogP contribution in [0.25, 0.3) is 0 Å². The van der Waals surface area contributed by atoms with E-state index in [-0.39, 0.29) is 5.37 Å². The van der Waals surface area contributed by atoms with E-state index in [4.69, 9.17) is 4.74 Å². The Morgan fingerprint density at radius 3 is 2.52 bits per heavy atom. The van der Waals surface area contributed by atoms with E-state index in [1.165, 1.54) is 16.7 Å². The van der Waals surface area contributed by atoms with Gasteiger partial charge in [-0.05, 0) is 39.8 Å². The number of hydrogen-bond donors (Lipinski definition) is 1. The van der Waals surface area contributed by atoms with Crippen LogP contribution in [0.15, 0.2) is 12.1 Å². The first-order chi connectivity index (χ1) is 9.69. The molecular weight excluding hydrogens is 310 g/mol. The summed E-state index contributed by atoms with van der Waals surface area (Å²) in [6.45, 7) is 7.30. The lowest BCUT2D eigenvalue weighted by atomic mass is 10.2. The van der Waals surface area contributed by atoms with Crippen molar-refractivity contribution in [1.82, 2.24) is 4.90 Å². The predicted octanol–water partition coefficient (Wildman–Crippen LogP) is 3.49. The maximum absolute atomic E-state index is 12.4. The summed E-state index contributed by atoms with van der Waals surface area (Å²) in [5.41, 5.74) is -0.649. The number of thiophene rings is 1. The van der Waals surface area contributed by atoms with E-state index in [1.807, 2.05) is 19.1 Å². The molecule has 1 N–H and O–H groups in total. The molecule has 0 aromatic carbocycles. The highest BCUT2D eigenvalue weighted by Gasteiger charge is 2.44. The van der Waals surface area contributed by atoms with Gasteiger partial charge >= 0.3 is 12.1 Å². The standard InChI is InChI=1S/C14H19NO4S2/c1-8-5-6-10(21-8)11-15(9(7-20-11)12(16)17)13(18)19-14(2,3)4/h5-6,9,11H,7H2,1-4H3,(H,16,17). The number of hydrogen-bond acceptors (Lipinski definition) is 5. The molecule has 116 valence electrons. The van der Waals surface area contributed by atoms with Crippen molar-refractivity contribution >= 4 is 35.2 Å². The van der Waals surface area contributed by atoms with Gasteiger partial charge in [0.05, 0.1) is 0 Å². The van der Waals surface area contributed by atoms with Crippen LogP contribution in [-0.2, 0) is 9.53 Å². The summed E-state index contributed by atoms with van der Waals surface area (Å²) in [6, 6.07) is 3.07. The molecule has 2 unspecified atom stereocenters. The fraction of sp³-hybridized carbons (Fsp3) is 0.571. The normalized spacial score (nSPS) is 22.4. The highest BCUT2D eigenvalue weighted by molar-refractivity contribution is 7.99. The molecule has 0 bridgehead atoms. The third-order valence-electron chi connectivity index (χ3n) is 2.89. The van der Waals surface area contributed by atoms with Gasteiger partial charge in [-0.2, -0.15) is 0 Å². The summed E-state index contributed by atoms with van der Waals surface area (Å²) in [7, 11) is 0. The Bertz CT molecular complexity index is 549. The number of rotatable bonds is 2. The lowest BCUT2D eigenvalue weighted by Gasteiger charge is -2.29. The van der Waals surface area contributed by atoms with Crippen molar-refractivity contribution in [2.45, 2.75) is 44.7 Å². The van der Waals surface area contributed by atoms with Crippen LogP contribution in [0.4, 0.5) is 4.79 Å². The molecule has 1 aliphatic heterocycles. The molecule has 1 aromatic heterocycles. The predicted molar refractivity (Wildman–Crippen MR) is 83.8 cm³/mol. The maximum Gasteiger partial charge on any atom is 0.412 e. The van der Waals surface area contributed by atoms with Crippen molar-refractivity contribution in [3.05, 3.63) is 21.9 Å². The van der Waals surface area contributed by atoms with E-state index >= 15 is 0 Å². The van der Waals surface area contributed by atoms with Gasteiger partial charge < -0.3 is 9.84 Å². The molecule has 0 aliphatic carbocycles. The van der Waals surface area contributed by atoms with Gasteiger partial charge in [-0.3, -0.25) is 4.90 Å². The highest BCUT2D eigenvalue weighted by Crippen LogP contribution is 2.44. The van der Waals surface area contributed by atoms with Gasteiger partial charge in [0.25, 0.3) is 0 Å². The van der Waals surface area contributed by atoms with Crippen LogP contribution in [0.2, 0.25) is 0 Å². The summed E-state index contributed by atoms with van der Waals surface area (Å²) in [6.07, 6.45) is -0.573. The number of aliphatic carboxylic acids is 1. The van der Waals surface area contributed by atoms with Crippen molar-refractivity contribution in [3.8, 4) is 0 Å². The minimum atomic E-state index is -0.996. The van der Waals surface area contributed by atoms with Gasteiger partial charge in [-0.25, -0.2) is 9.59 Å². The Labute approximate surface area is 132 Å². The molecule has 21 heavy (non-hydrogen) atoms. The Morgan fingerprint density at radius 1 is 1.38 bits per heavy atom. The zero-order chi connectivity index (χ0) is 15.8. The molecule has 1 aromatic rings. The first-order valence-corrected chi connectivity index (χ1v) is 8.47. The third kappa shape index (κ3) is 3.71. The van der Waals surface area contributed by atoms with Crippen LogP contribution in [0, 0.1) is 6.92 Å². The molecule has 1 saturated heterocycles. The molecule has 2 heterocycles. The number of aryl methyl sites for hydroxylation is 1. The molecule has 2 atom stereocenters. The number of carbonyl (C=O) groups is 2. The number of nitrogens with zero attached hydrogens (tertiary/aromatic N) is 1. The van der Waals surface area contributed by atoms with E-state index in [1.54, 1.807) is 32.1 Å². The van der Waals surface area contributed by atoms with Crippen molar-refractivity contribution in [1.29, 1.82) is 0 Å². The first-order valence-electron chi connectivity index (χ1n) is 6.61. The van der Waals surface area contributed by atoms with Crippen LogP contribution in [0.3, 0.4) is 0 Å². The lowest BCUT2D eigenvalue weighted by molar-refractivity contribution is -0.142. The van der Waals surface area contributed by atoms with Crippen LogP contribution in [0.1, 0.15) is 35.9 Å². The topological polar surface area (TPSA) is 66.8 Å². The Balaban J connectivity index is 2.28. The second kappa shape index (κ2) is 5.88. The second-order valence-corrected chi connectivity index (χ2v) is 8.31. The zero-order valence-corrected chi connectivity index (χ0v) is 14.1. The van der Waals surface area contributed by atoms with Crippen molar-refractivity contribution < 1.29 is 19.4 Å². The first kappa shape index (κ1) is 16.2. The molecule has 1 amide bonds. The Hall–Kier alpha value is -1.21. The van der Waals surface area contributed by atoms with E-state index in [0.717, 1.165) is 9.75 Å². The Morgan fingerprint density at radius 2 is 2.05 bits per heavy atom. The van der Waals surface area contributed by atoms with Crippen LogP contribution < -0.4 is 0 Å². The van der Waals surface area contributed by atoms with Gasteiger partial charge in [-0.1, -0.05) is 0 Å². The minimum absolute atomic E-state index is 0.292. The highest BCUT2D eigenvalue weighted by atomic mass is 32.2. The van der Waals surface area contributed by atoms with E-state index in [0.29, 0.717) is 5.75 Å². The van der Waals surface area contributed by atoms with Crippen LogP contribution in [0.5, 0.6) is 0 Å². The number of ether oxygens (including phenoxy) is 1. The summed E-state index contributed by atoms with van der Waals surface area (Å²) < 4.78 is 5.38. The van der Waals surface area contributed by atoms with E-state index in [9.17, 15) is 14.7 Å². The van der Waals surface area contributed by atoms with Gasteiger partial charge in [0.2, 0.25) is 0 Å². The molecule has 5 nitrogen and oxygen atoms in total. The Kier molecular flexibility index (Phi) is 4.53. The lowest BCUT2D eigenvalue weighted by Crippen LogP contribution is -2.45. The van der Waals surface area contributed by atoms with Crippen molar-refractivity contribution in [2.24, 2.45) is 0 Å². The summed E-state index contributed by atoms with van der Waals surface area (Å²) >= 11 is 3.04. The number of carboxylic acids is 1. The third-order valence-corrected chi connectivity index (χ3v) is 5.40. The van der Waals surface area contributed by atoms with E-state index in [2.05, 4.69) is 0 Å². The minimum Gasteiger partial charge on any atom is -0.480 e.